The zero-order valence-corrected chi connectivity index (χ0v) is 12.3. The third-order valence-electron chi connectivity index (χ3n) is 3.84. The lowest BCUT2D eigenvalue weighted by atomic mass is 9.94. The van der Waals surface area contributed by atoms with Gasteiger partial charge in [0, 0.05) is 32.0 Å². The number of benzene rings is 1. The highest BCUT2D eigenvalue weighted by atomic mass is 19.1. The minimum atomic E-state index is -1.05. The van der Waals surface area contributed by atoms with Gasteiger partial charge in [0.2, 0.25) is 0 Å². The lowest BCUT2D eigenvalue weighted by molar-refractivity contribution is -0.131. The summed E-state index contributed by atoms with van der Waals surface area (Å²) >= 11 is 0. The van der Waals surface area contributed by atoms with Gasteiger partial charge in [-0.05, 0) is 49.6 Å². The van der Waals surface area contributed by atoms with Crippen LogP contribution in [-0.2, 0) is 9.53 Å². The molecule has 0 saturated carbocycles. The molecule has 4 nitrogen and oxygen atoms in total. The van der Waals surface area contributed by atoms with Gasteiger partial charge in [-0.3, -0.25) is 0 Å². The van der Waals surface area contributed by atoms with Gasteiger partial charge in [0.15, 0.2) is 0 Å². The Morgan fingerprint density at radius 3 is 2.90 bits per heavy atom. The average molecular weight is 293 g/mol. The summed E-state index contributed by atoms with van der Waals surface area (Å²) in [6, 6.07) is 4.59. The molecular weight excluding hydrogens is 273 g/mol. The standard InChI is InChI=1S/C16H20FNO3/c1-16(21-2)6-3-7-18(11-16)14-9-12(4-5-15(19)20)8-13(17)10-14/h4-5,8-10H,3,6-7,11H2,1-2H3,(H,19,20)/b5-4+. The minimum absolute atomic E-state index is 0.234. The number of carboxylic acids is 1. The van der Waals surface area contributed by atoms with E-state index in [1.807, 2.05) is 6.92 Å². The first-order valence-electron chi connectivity index (χ1n) is 6.93. The number of methoxy groups -OCH3 is 1. The molecule has 21 heavy (non-hydrogen) atoms. The molecule has 5 heteroatoms. The van der Waals surface area contributed by atoms with Crippen molar-refractivity contribution in [2.24, 2.45) is 0 Å². The van der Waals surface area contributed by atoms with Crippen LogP contribution < -0.4 is 4.90 Å². The van der Waals surface area contributed by atoms with Gasteiger partial charge in [0.25, 0.3) is 0 Å². The molecule has 0 radical (unpaired) electrons. The van der Waals surface area contributed by atoms with Gasteiger partial charge in [-0.1, -0.05) is 0 Å². The maximum Gasteiger partial charge on any atom is 0.328 e. The van der Waals surface area contributed by atoms with Gasteiger partial charge < -0.3 is 14.7 Å². The van der Waals surface area contributed by atoms with Crippen molar-refractivity contribution in [2.45, 2.75) is 25.4 Å². The number of nitrogens with zero attached hydrogens (tertiary/aromatic N) is 1. The Labute approximate surface area is 123 Å². The summed E-state index contributed by atoms with van der Waals surface area (Å²) in [4.78, 5) is 12.6. The molecule has 0 bridgehead atoms. The largest absolute Gasteiger partial charge is 0.478 e. The molecule has 1 N–H and O–H groups in total. The zero-order valence-electron chi connectivity index (χ0n) is 12.3. The quantitative estimate of drug-likeness (QED) is 0.867. The highest BCUT2D eigenvalue weighted by molar-refractivity contribution is 5.85. The van der Waals surface area contributed by atoms with Crippen LogP contribution in [0.15, 0.2) is 24.3 Å². The summed E-state index contributed by atoms with van der Waals surface area (Å²) in [7, 11) is 1.69. The van der Waals surface area contributed by atoms with E-state index in [2.05, 4.69) is 4.90 Å². The lowest BCUT2D eigenvalue weighted by Gasteiger charge is -2.40. The Kier molecular flexibility index (Phi) is 4.63. The molecule has 1 aromatic carbocycles. The summed E-state index contributed by atoms with van der Waals surface area (Å²) < 4.78 is 19.3. The van der Waals surface area contributed by atoms with Gasteiger partial charge >= 0.3 is 5.97 Å². The number of aliphatic carboxylic acids is 1. The molecule has 1 saturated heterocycles. The smallest absolute Gasteiger partial charge is 0.328 e. The number of carbonyl (C=O) groups is 1. The lowest BCUT2D eigenvalue weighted by Crippen LogP contribution is -2.47. The molecule has 2 rings (SSSR count). The van der Waals surface area contributed by atoms with E-state index in [0.717, 1.165) is 31.1 Å². The third-order valence-corrected chi connectivity index (χ3v) is 3.84. The number of rotatable bonds is 4. The first-order chi connectivity index (χ1) is 9.92. The van der Waals surface area contributed by atoms with Crippen LogP contribution in [-0.4, -0.2) is 36.9 Å². The molecule has 1 heterocycles. The molecule has 1 atom stereocenters. The first-order valence-corrected chi connectivity index (χ1v) is 6.93. The number of piperidine rings is 1. The van der Waals surface area contributed by atoms with Crippen LogP contribution in [0.3, 0.4) is 0 Å². The van der Waals surface area contributed by atoms with Crippen molar-refractivity contribution in [3.05, 3.63) is 35.7 Å². The van der Waals surface area contributed by atoms with Gasteiger partial charge in [-0.25, -0.2) is 9.18 Å². The van der Waals surface area contributed by atoms with E-state index < -0.39 is 5.97 Å². The predicted molar refractivity (Wildman–Crippen MR) is 79.9 cm³/mol. The fourth-order valence-electron chi connectivity index (χ4n) is 2.64. The van der Waals surface area contributed by atoms with Crippen molar-refractivity contribution >= 4 is 17.7 Å². The van der Waals surface area contributed by atoms with E-state index in [1.165, 1.54) is 18.2 Å². The van der Waals surface area contributed by atoms with E-state index in [1.54, 1.807) is 13.2 Å². The normalized spacial score (nSPS) is 22.7. The molecule has 0 aliphatic carbocycles. The molecule has 114 valence electrons. The highest BCUT2D eigenvalue weighted by Gasteiger charge is 2.31. The minimum Gasteiger partial charge on any atom is -0.478 e. The predicted octanol–water partition coefficient (Wildman–Crippen LogP) is 2.93. The molecule has 0 aromatic heterocycles. The molecule has 1 aromatic rings. The maximum atomic E-state index is 13.7. The van der Waals surface area contributed by atoms with Crippen LogP contribution in [0.4, 0.5) is 10.1 Å². The third kappa shape index (κ3) is 4.04. The summed E-state index contributed by atoms with van der Waals surface area (Å²) in [5, 5.41) is 8.66. The van der Waals surface area contributed by atoms with Crippen LogP contribution in [0.5, 0.6) is 0 Å². The zero-order chi connectivity index (χ0) is 15.5. The van der Waals surface area contributed by atoms with E-state index >= 15 is 0 Å². The monoisotopic (exact) mass is 293 g/mol. The number of halogens is 1. The molecule has 1 fully saturated rings. The van der Waals surface area contributed by atoms with Crippen LogP contribution in [0.25, 0.3) is 6.08 Å². The second kappa shape index (κ2) is 6.26. The van der Waals surface area contributed by atoms with Crippen molar-refractivity contribution in [1.29, 1.82) is 0 Å². The van der Waals surface area contributed by atoms with E-state index in [0.29, 0.717) is 12.1 Å². The van der Waals surface area contributed by atoms with Crippen molar-refractivity contribution in [3.63, 3.8) is 0 Å². The molecule has 0 amide bonds. The summed E-state index contributed by atoms with van der Waals surface area (Å²) in [5.41, 5.74) is 1.06. The molecule has 1 aliphatic rings. The van der Waals surface area contributed by atoms with Gasteiger partial charge in [0.05, 0.1) is 5.60 Å². The van der Waals surface area contributed by atoms with E-state index in [-0.39, 0.29) is 11.4 Å². The van der Waals surface area contributed by atoms with Crippen molar-refractivity contribution in [2.75, 3.05) is 25.1 Å². The van der Waals surface area contributed by atoms with E-state index in [4.69, 9.17) is 9.84 Å². The SMILES string of the molecule is COC1(C)CCCN(c2cc(F)cc(/C=C/C(=O)O)c2)C1. The average Bonchev–Trinajstić information content (AvgIpc) is 2.45. The Bertz CT molecular complexity index is 558. The number of carboxylic acid groups (broad SMARTS) is 1. The number of anilines is 1. The van der Waals surface area contributed by atoms with Crippen molar-refractivity contribution in [3.8, 4) is 0 Å². The second-order valence-electron chi connectivity index (χ2n) is 5.59. The molecule has 0 spiro atoms. The van der Waals surface area contributed by atoms with Crippen molar-refractivity contribution in [1.82, 2.24) is 0 Å². The Morgan fingerprint density at radius 2 is 2.24 bits per heavy atom. The fraction of sp³-hybridized carbons (Fsp3) is 0.438. The Hall–Kier alpha value is -1.88. The van der Waals surface area contributed by atoms with Gasteiger partial charge in [0.1, 0.15) is 5.82 Å². The molecular formula is C16H20FNO3. The van der Waals surface area contributed by atoms with Crippen LogP contribution >= 0.6 is 0 Å². The van der Waals surface area contributed by atoms with Crippen LogP contribution in [0.1, 0.15) is 25.3 Å². The summed E-state index contributed by atoms with van der Waals surface area (Å²) in [6.07, 6.45) is 4.35. The topological polar surface area (TPSA) is 49.8 Å². The van der Waals surface area contributed by atoms with Gasteiger partial charge in [-0.15, -0.1) is 0 Å². The van der Waals surface area contributed by atoms with E-state index in [9.17, 15) is 9.18 Å². The second-order valence-corrected chi connectivity index (χ2v) is 5.59. The van der Waals surface area contributed by atoms with Crippen LogP contribution in [0, 0.1) is 5.82 Å². The summed E-state index contributed by atoms with van der Waals surface area (Å²) in [6.45, 7) is 3.57. The summed E-state index contributed by atoms with van der Waals surface area (Å²) in [5.74, 6) is -1.42. The number of hydrogen-bond donors (Lipinski definition) is 1. The highest BCUT2D eigenvalue weighted by Crippen LogP contribution is 2.29. The maximum absolute atomic E-state index is 13.7. The number of hydrogen-bond acceptors (Lipinski definition) is 3. The Morgan fingerprint density at radius 1 is 1.48 bits per heavy atom. The number of ether oxygens (including phenoxy) is 1. The van der Waals surface area contributed by atoms with Crippen molar-refractivity contribution < 1.29 is 19.0 Å². The van der Waals surface area contributed by atoms with Crippen LogP contribution in [0.2, 0.25) is 0 Å². The fourth-order valence-corrected chi connectivity index (χ4v) is 2.64. The Balaban J connectivity index is 2.25. The molecule has 1 unspecified atom stereocenters. The molecule has 1 aliphatic heterocycles. The van der Waals surface area contributed by atoms with Gasteiger partial charge in [-0.2, -0.15) is 0 Å². The first kappa shape index (κ1) is 15.5.